The Kier molecular flexibility index (Phi) is 3.97. The van der Waals surface area contributed by atoms with Gasteiger partial charge in [0.05, 0.1) is 0 Å². The molecule has 2 N–H and O–H groups in total. The van der Waals surface area contributed by atoms with Gasteiger partial charge in [-0.3, -0.25) is 5.10 Å². The molecule has 1 saturated heterocycles. The zero-order valence-electron chi connectivity index (χ0n) is 11.8. The van der Waals surface area contributed by atoms with Gasteiger partial charge in [0, 0.05) is 32.1 Å². The smallest absolute Gasteiger partial charge is 0.244 e. The third-order valence-electron chi connectivity index (χ3n) is 3.66. The number of benzene rings is 1. The van der Waals surface area contributed by atoms with E-state index in [0.29, 0.717) is 6.04 Å². The Labute approximate surface area is 119 Å². The fourth-order valence-electron chi connectivity index (χ4n) is 2.56. The molecular formula is C15H21N5. The number of aromatic amines is 1. The molecule has 1 aliphatic rings. The molecule has 0 radical (unpaired) electrons. The Morgan fingerprint density at radius 2 is 2.10 bits per heavy atom. The van der Waals surface area contributed by atoms with Crippen LogP contribution >= 0.6 is 0 Å². The number of H-pyrrole nitrogens is 1. The first-order chi connectivity index (χ1) is 9.81. The summed E-state index contributed by atoms with van der Waals surface area (Å²) in [7, 11) is 0. The normalized spacial score (nSPS) is 19.2. The quantitative estimate of drug-likeness (QED) is 0.882. The zero-order valence-corrected chi connectivity index (χ0v) is 11.8. The standard InChI is InChI=1S/C15H21N5/c1-12-11-20(10-9-16-12)15-17-14(18-19-15)8-7-13-5-3-2-4-6-13/h2-6,12,16H,7-11H2,1H3,(H,17,18,19). The first-order valence-corrected chi connectivity index (χ1v) is 7.25. The molecule has 2 heterocycles. The van der Waals surface area contributed by atoms with Gasteiger partial charge in [0.25, 0.3) is 0 Å². The van der Waals surface area contributed by atoms with Crippen LogP contribution in [0.3, 0.4) is 0 Å². The van der Waals surface area contributed by atoms with Crippen LogP contribution < -0.4 is 10.2 Å². The van der Waals surface area contributed by atoms with E-state index >= 15 is 0 Å². The molecule has 0 saturated carbocycles. The van der Waals surface area contributed by atoms with Crippen molar-refractivity contribution in [2.45, 2.75) is 25.8 Å². The molecule has 20 heavy (non-hydrogen) atoms. The summed E-state index contributed by atoms with van der Waals surface area (Å²) in [5, 5.41) is 10.8. The minimum Gasteiger partial charge on any atom is -0.337 e. The van der Waals surface area contributed by atoms with E-state index in [0.717, 1.165) is 44.2 Å². The van der Waals surface area contributed by atoms with Gasteiger partial charge in [0.15, 0.2) is 0 Å². The van der Waals surface area contributed by atoms with Gasteiger partial charge in [-0.2, -0.15) is 4.98 Å². The van der Waals surface area contributed by atoms with Crippen molar-refractivity contribution in [3.63, 3.8) is 0 Å². The van der Waals surface area contributed by atoms with Crippen LogP contribution in [0.25, 0.3) is 0 Å². The molecule has 0 spiro atoms. The highest BCUT2D eigenvalue weighted by atomic mass is 15.4. The predicted molar refractivity (Wildman–Crippen MR) is 79.9 cm³/mol. The van der Waals surface area contributed by atoms with Gasteiger partial charge >= 0.3 is 0 Å². The van der Waals surface area contributed by atoms with E-state index in [9.17, 15) is 0 Å². The summed E-state index contributed by atoms with van der Waals surface area (Å²) >= 11 is 0. The monoisotopic (exact) mass is 271 g/mol. The first-order valence-electron chi connectivity index (χ1n) is 7.25. The Morgan fingerprint density at radius 3 is 2.90 bits per heavy atom. The lowest BCUT2D eigenvalue weighted by atomic mass is 10.1. The van der Waals surface area contributed by atoms with Crippen LogP contribution in [0.2, 0.25) is 0 Å². The summed E-state index contributed by atoms with van der Waals surface area (Å²) in [4.78, 5) is 6.85. The van der Waals surface area contributed by atoms with Crippen molar-refractivity contribution in [3.05, 3.63) is 41.7 Å². The van der Waals surface area contributed by atoms with Gasteiger partial charge in [-0.25, -0.2) is 0 Å². The molecule has 0 amide bonds. The number of nitrogens with zero attached hydrogens (tertiary/aromatic N) is 3. The molecule has 0 bridgehead atoms. The van der Waals surface area contributed by atoms with E-state index in [1.54, 1.807) is 0 Å². The van der Waals surface area contributed by atoms with Crippen molar-refractivity contribution in [1.29, 1.82) is 0 Å². The van der Waals surface area contributed by atoms with Crippen molar-refractivity contribution >= 4 is 5.95 Å². The van der Waals surface area contributed by atoms with E-state index in [1.165, 1.54) is 5.56 Å². The summed E-state index contributed by atoms with van der Waals surface area (Å²) < 4.78 is 0. The first kappa shape index (κ1) is 13.1. The number of rotatable bonds is 4. The molecule has 106 valence electrons. The molecule has 1 atom stereocenters. The molecule has 1 aromatic heterocycles. The lowest BCUT2D eigenvalue weighted by Gasteiger charge is -2.30. The van der Waals surface area contributed by atoms with Crippen molar-refractivity contribution in [2.75, 3.05) is 24.5 Å². The number of hydrogen-bond acceptors (Lipinski definition) is 4. The number of hydrogen-bond donors (Lipinski definition) is 2. The fraction of sp³-hybridized carbons (Fsp3) is 0.467. The molecule has 1 unspecified atom stereocenters. The Morgan fingerprint density at radius 1 is 1.25 bits per heavy atom. The predicted octanol–water partition coefficient (Wildman–Crippen LogP) is 1.39. The van der Waals surface area contributed by atoms with E-state index in [2.05, 4.69) is 56.6 Å². The van der Waals surface area contributed by atoms with Crippen LogP contribution in [0.15, 0.2) is 30.3 Å². The maximum absolute atomic E-state index is 4.61. The van der Waals surface area contributed by atoms with Gasteiger partial charge in [-0.05, 0) is 18.9 Å². The molecule has 1 aromatic carbocycles. The summed E-state index contributed by atoms with van der Waals surface area (Å²) in [6.07, 6.45) is 1.89. The number of nitrogens with one attached hydrogen (secondary N) is 2. The number of aryl methyl sites for hydroxylation is 2. The van der Waals surface area contributed by atoms with Crippen molar-refractivity contribution in [1.82, 2.24) is 20.5 Å². The fourth-order valence-corrected chi connectivity index (χ4v) is 2.56. The molecule has 2 aromatic rings. The Balaban J connectivity index is 1.59. The van der Waals surface area contributed by atoms with Crippen LogP contribution in [-0.4, -0.2) is 40.9 Å². The molecule has 1 aliphatic heterocycles. The van der Waals surface area contributed by atoms with Crippen molar-refractivity contribution < 1.29 is 0 Å². The largest absolute Gasteiger partial charge is 0.337 e. The molecule has 0 aliphatic carbocycles. The maximum Gasteiger partial charge on any atom is 0.244 e. The van der Waals surface area contributed by atoms with Gasteiger partial charge in [-0.1, -0.05) is 30.3 Å². The number of aromatic nitrogens is 3. The minimum atomic E-state index is 0.495. The molecule has 5 nitrogen and oxygen atoms in total. The summed E-state index contributed by atoms with van der Waals surface area (Å²) in [5.41, 5.74) is 1.33. The Hall–Kier alpha value is -1.88. The second-order valence-electron chi connectivity index (χ2n) is 5.37. The summed E-state index contributed by atoms with van der Waals surface area (Å²) in [5.74, 6) is 1.80. The van der Waals surface area contributed by atoms with Gasteiger partial charge in [-0.15, -0.1) is 5.10 Å². The van der Waals surface area contributed by atoms with E-state index in [1.807, 2.05) is 6.07 Å². The van der Waals surface area contributed by atoms with E-state index in [4.69, 9.17) is 0 Å². The van der Waals surface area contributed by atoms with Crippen molar-refractivity contribution in [3.8, 4) is 0 Å². The van der Waals surface area contributed by atoms with Gasteiger partial charge in [0.1, 0.15) is 5.82 Å². The van der Waals surface area contributed by atoms with Gasteiger partial charge < -0.3 is 10.2 Å². The average molecular weight is 271 g/mol. The molecule has 3 rings (SSSR count). The Bertz CT molecular complexity index is 536. The summed E-state index contributed by atoms with van der Waals surface area (Å²) in [6.45, 7) is 5.13. The average Bonchev–Trinajstić information content (AvgIpc) is 2.95. The minimum absolute atomic E-state index is 0.495. The van der Waals surface area contributed by atoms with Gasteiger partial charge in [0.2, 0.25) is 5.95 Å². The zero-order chi connectivity index (χ0) is 13.8. The maximum atomic E-state index is 4.61. The second kappa shape index (κ2) is 6.05. The van der Waals surface area contributed by atoms with Crippen LogP contribution in [-0.2, 0) is 12.8 Å². The highest BCUT2D eigenvalue weighted by molar-refractivity contribution is 5.30. The number of piperazine rings is 1. The highest BCUT2D eigenvalue weighted by Gasteiger charge is 2.19. The third kappa shape index (κ3) is 3.17. The van der Waals surface area contributed by atoms with Crippen LogP contribution in [0.1, 0.15) is 18.3 Å². The molecular weight excluding hydrogens is 250 g/mol. The third-order valence-corrected chi connectivity index (χ3v) is 3.66. The van der Waals surface area contributed by atoms with E-state index < -0.39 is 0 Å². The topological polar surface area (TPSA) is 56.8 Å². The lowest BCUT2D eigenvalue weighted by molar-refractivity contribution is 0.479. The molecule has 1 fully saturated rings. The lowest BCUT2D eigenvalue weighted by Crippen LogP contribution is -2.49. The van der Waals surface area contributed by atoms with Crippen LogP contribution in [0.4, 0.5) is 5.95 Å². The van der Waals surface area contributed by atoms with Crippen molar-refractivity contribution in [2.24, 2.45) is 0 Å². The SMILES string of the molecule is CC1CN(c2n[nH]c(CCc3ccccc3)n2)CCN1. The number of anilines is 1. The highest BCUT2D eigenvalue weighted by Crippen LogP contribution is 2.11. The van der Waals surface area contributed by atoms with Crippen LogP contribution in [0.5, 0.6) is 0 Å². The summed E-state index contributed by atoms with van der Waals surface area (Å²) in [6, 6.07) is 11.0. The van der Waals surface area contributed by atoms with Crippen LogP contribution in [0, 0.1) is 0 Å². The second-order valence-corrected chi connectivity index (χ2v) is 5.37. The molecule has 5 heteroatoms. The van der Waals surface area contributed by atoms with E-state index in [-0.39, 0.29) is 0 Å².